The predicted octanol–water partition coefficient (Wildman–Crippen LogP) is 3.01. The number of benzene rings is 1. The maximum atomic E-state index is 12.5. The van der Waals surface area contributed by atoms with E-state index in [2.05, 4.69) is 4.90 Å². The molecule has 0 radical (unpaired) electrons. The number of carboxylic acid groups (broad SMARTS) is 1. The monoisotopic (exact) mass is 476 g/mol. The van der Waals surface area contributed by atoms with Crippen molar-refractivity contribution < 1.29 is 24.6 Å². The molecule has 1 amide bonds. The average molecular weight is 477 g/mol. The van der Waals surface area contributed by atoms with Gasteiger partial charge in [-0.15, -0.1) is 11.8 Å². The van der Waals surface area contributed by atoms with Crippen LogP contribution in [-0.2, 0) is 9.59 Å². The number of Topliss-reactive ketones (excluding diaryl/α,β-unsaturated/α-hetero) is 1. The van der Waals surface area contributed by atoms with Gasteiger partial charge in [0.1, 0.15) is 5.37 Å². The number of amides is 1. The Morgan fingerprint density at radius 2 is 2.03 bits per heavy atom. The largest absolute Gasteiger partial charge is 0.477 e. The van der Waals surface area contributed by atoms with Crippen molar-refractivity contribution in [2.75, 3.05) is 19.6 Å². The maximum Gasteiger partial charge on any atom is 0.354 e. The molecule has 0 spiro atoms. The molecule has 3 aliphatic heterocycles. The van der Waals surface area contributed by atoms with Gasteiger partial charge in [0.15, 0.2) is 11.5 Å². The number of carbonyl (C=O) groups is 3. The van der Waals surface area contributed by atoms with Crippen LogP contribution in [0.15, 0.2) is 40.3 Å². The first-order valence-corrected chi connectivity index (χ1v) is 12.8. The summed E-state index contributed by atoms with van der Waals surface area (Å²) in [7, 11) is 0. The highest BCUT2D eigenvalue weighted by Gasteiger charge is 2.58. The quantitative estimate of drug-likeness (QED) is 0.393. The van der Waals surface area contributed by atoms with E-state index >= 15 is 0 Å². The first-order chi connectivity index (χ1) is 15.4. The summed E-state index contributed by atoms with van der Waals surface area (Å²) in [5.41, 5.74) is 0.820. The Labute approximate surface area is 196 Å². The van der Waals surface area contributed by atoms with Crippen molar-refractivity contribution in [1.82, 2.24) is 9.80 Å². The Kier molecular flexibility index (Phi) is 7.29. The van der Waals surface area contributed by atoms with E-state index in [1.807, 2.05) is 37.3 Å². The molecule has 4 atom stereocenters. The van der Waals surface area contributed by atoms with Gasteiger partial charge in [-0.25, -0.2) is 4.79 Å². The van der Waals surface area contributed by atoms with Gasteiger partial charge in [-0.05, 0) is 32.4 Å². The van der Waals surface area contributed by atoms with Crippen LogP contribution >= 0.6 is 23.5 Å². The van der Waals surface area contributed by atoms with Crippen LogP contribution in [0.25, 0.3) is 0 Å². The summed E-state index contributed by atoms with van der Waals surface area (Å²) in [4.78, 5) is 40.3. The summed E-state index contributed by atoms with van der Waals surface area (Å²) in [6.07, 6.45) is 1.98. The van der Waals surface area contributed by atoms with E-state index in [4.69, 9.17) is 0 Å². The third kappa shape index (κ3) is 4.62. The van der Waals surface area contributed by atoms with Gasteiger partial charge in [-0.2, -0.15) is 0 Å². The summed E-state index contributed by atoms with van der Waals surface area (Å²) in [5, 5.41) is 19.8. The molecule has 0 aromatic heterocycles. The number of aliphatic hydroxyl groups is 1. The number of aliphatic hydroxyl groups excluding tert-OH is 1. The number of hydrogen-bond donors (Lipinski definition) is 2. The number of β-lactam (4-membered cyclic amide) rings is 1. The molecule has 4 rings (SSSR count). The second-order valence-electron chi connectivity index (χ2n) is 8.38. The van der Waals surface area contributed by atoms with Crippen LogP contribution in [0.3, 0.4) is 0 Å². The minimum atomic E-state index is -1.09. The third-order valence-corrected chi connectivity index (χ3v) is 9.11. The molecule has 1 aromatic rings. The minimum absolute atomic E-state index is 0.0708. The molecule has 0 saturated carbocycles. The minimum Gasteiger partial charge on any atom is -0.477 e. The van der Waals surface area contributed by atoms with Gasteiger partial charge in [0.2, 0.25) is 5.91 Å². The molecule has 2 N–H and O–H groups in total. The molecule has 32 heavy (non-hydrogen) atoms. The number of carbonyl (C=O) groups excluding carboxylic acids is 2. The number of rotatable bonds is 10. The Morgan fingerprint density at radius 3 is 2.72 bits per heavy atom. The lowest BCUT2D eigenvalue weighted by atomic mass is 9.90. The molecule has 3 heterocycles. The molecule has 0 bridgehead atoms. The lowest BCUT2D eigenvalue weighted by Crippen LogP contribution is -2.61. The number of hydrogen-bond acceptors (Lipinski definition) is 7. The van der Waals surface area contributed by atoms with Gasteiger partial charge >= 0.3 is 5.97 Å². The van der Waals surface area contributed by atoms with Crippen LogP contribution in [0, 0.1) is 5.92 Å². The van der Waals surface area contributed by atoms with E-state index < -0.39 is 18.0 Å². The highest BCUT2D eigenvalue weighted by Crippen LogP contribution is 2.55. The highest BCUT2D eigenvalue weighted by molar-refractivity contribution is 8.23. The summed E-state index contributed by atoms with van der Waals surface area (Å²) in [5.74, 6) is -1.75. The highest BCUT2D eigenvalue weighted by atomic mass is 32.2. The summed E-state index contributed by atoms with van der Waals surface area (Å²) in [6.45, 7) is 4.41. The van der Waals surface area contributed by atoms with Gasteiger partial charge in [0.25, 0.3) is 0 Å². The molecule has 0 unspecified atom stereocenters. The van der Waals surface area contributed by atoms with Gasteiger partial charge in [0, 0.05) is 23.8 Å². The van der Waals surface area contributed by atoms with Crippen LogP contribution in [0.4, 0.5) is 0 Å². The van der Waals surface area contributed by atoms with Crippen LogP contribution in [0.1, 0.15) is 43.0 Å². The number of aliphatic carboxylic acids is 1. The fourth-order valence-corrected chi connectivity index (χ4v) is 7.79. The van der Waals surface area contributed by atoms with Gasteiger partial charge < -0.3 is 15.1 Å². The lowest BCUT2D eigenvalue weighted by Gasteiger charge is -2.44. The number of nitrogens with zero attached hydrogens (tertiary/aromatic N) is 2. The second-order valence-corrected chi connectivity index (χ2v) is 11.1. The van der Waals surface area contributed by atoms with Crippen LogP contribution in [0.5, 0.6) is 0 Å². The lowest BCUT2D eigenvalue weighted by molar-refractivity contribution is -0.157. The summed E-state index contributed by atoms with van der Waals surface area (Å²) < 4.78 is 0.674. The molecule has 3 aliphatic rings. The first kappa shape index (κ1) is 23.4. The SMILES string of the molecule is CC[C@H](O)[C@@H]1C(=O)N2C(C(=O)O)=C(S[C@H]3CCN(CCCC(=O)c4ccccc4)C3)S[C@H]12. The Balaban J connectivity index is 1.29. The fraction of sp³-hybridized carbons (Fsp3) is 0.522. The zero-order valence-electron chi connectivity index (χ0n) is 18.0. The van der Waals surface area contributed by atoms with E-state index in [1.54, 1.807) is 11.8 Å². The van der Waals surface area contributed by atoms with Crippen molar-refractivity contribution in [2.24, 2.45) is 5.92 Å². The van der Waals surface area contributed by atoms with Crippen LogP contribution < -0.4 is 0 Å². The molecule has 9 heteroatoms. The first-order valence-electron chi connectivity index (χ1n) is 11.0. The van der Waals surface area contributed by atoms with Crippen molar-refractivity contribution in [1.29, 1.82) is 0 Å². The Hall–Kier alpha value is -1.81. The molecule has 2 saturated heterocycles. The molecule has 7 nitrogen and oxygen atoms in total. The van der Waals surface area contributed by atoms with Crippen molar-refractivity contribution in [3.63, 3.8) is 0 Å². The van der Waals surface area contributed by atoms with Gasteiger partial charge in [-0.1, -0.05) is 49.0 Å². The molecule has 0 aliphatic carbocycles. The van der Waals surface area contributed by atoms with Crippen molar-refractivity contribution in [3.8, 4) is 0 Å². The Morgan fingerprint density at radius 1 is 1.28 bits per heavy atom. The van der Waals surface area contributed by atoms with Crippen LogP contribution in [-0.4, -0.2) is 74.0 Å². The van der Waals surface area contributed by atoms with Crippen molar-refractivity contribution >= 4 is 41.2 Å². The second kappa shape index (κ2) is 9.99. The normalized spacial score (nSPS) is 26.2. The van der Waals surface area contributed by atoms with E-state index in [0.29, 0.717) is 17.1 Å². The van der Waals surface area contributed by atoms with E-state index in [1.165, 1.54) is 16.7 Å². The average Bonchev–Trinajstić information content (AvgIpc) is 3.36. The number of fused-ring (bicyclic) bond motifs is 1. The van der Waals surface area contributed by atoms with E-state index in [0.717, 1.165) is 38.0 Å². The number of ketones is 1. The standard InChI is InChI=1S/C23H28N2O5S2/c1-2-16(26)18-20(28)25-19(22(29)30)23(32-21(18)25)31-15-10-12-24(13-15)11-6-9-17(27)14-7-4-3-5-8-14/h3-5,7-8,15-16,18,21,26H,2,6,9-13H2,1H3,(H,29,30)/t15-,16-,18+,21+/m0/s1. The van der Waals surface area contributed by atoms with E-state index in [-0.39, 0.29) is 28.0 Å². The van der Waals surface area contributed by atoms with Crippen molar-refractivity contribution in [3.05, 3.63) is 45.8 Å². The predicted molar refractivity (Wildman–Crippen MR) is 125 cm³/mol. The number of thioether (sulfide) groups is 2. The summed E-state index contributed by atoms with van der Waals surface area (Å²) in [6, 6.07) is 9.33. The maximum absolute atomic E-state index is 12.5. The Bertz CT molecular complexity index is 922. The number of likely N-dealkylation sites (tertiary alicyclic amines) is 1. The zero-order valence-corrected chi connectivity index (χ0v) is 19.6. The molecular formula is C23H28N2O5S2. The topological polar surface area (TPSA) is 98.2 Å². The molecular weight excluding hydrogens is 448 g/mol. The molecule has 1 aromatic carbocycles. The summed E-state index contributed by atoms with van der Waals surface area (Å²) >= 11 is 2.94. The fourth-order valence-electron chi connectivity index (χ4n) is 4.48. The van der Waals surface area contributed by atoms with Crippen LogP contribution in [0.2, 0.25) is 0 Å². The zero-order chi connectivity index (χ0) is 22.8. The third-order valence-electron chi connectivity index (χ3n) is 6.26. The molecule has 172 valence electrons. The molecule has 2 fully saturated rings. The smallest absolute Gasteiger partial charge is 0.354 e. The van der Waals surface area contributed by atoms with Gasteiger partial charge in [0.05, 0.1) is 16.3 Å². The van der Waals surface area contributed by atoms with E-state index in [9.17, 15) is 24.6 Å². The van der Waals surface area contributed by atoms with Gasteiger partial charge in [-0.3, -0.25) is 14.5 Å². The van der Waals surface area contributed by atoms with Crippen molar-refractivity contribution in [2.45, 2.75) is 49.3 Å². The number of carboxylic acids is 1.